The molecule has 0 aliphatic rings. The third kappa shape index (κ3) is 4.76. The number of hydrogen-bond acceptors (Lipinski definition) is 4. The first-order valence-corrected chi connectivity index (χ1v) is 6.60. The Morgan fingerprint density at radius 3 is 2.50 bits per heavy atom. The van der Waals surface area contributed by atoms with Crippen molar-refractivity contribution >= 4 is 0 Å². The number of nitrogens with zero attached hydrogens (tertiary/aromatic N) is 2. The van der Waals surface area contributed by atoms with Gasteiger partial charge >= 0.3 is 0 Å². The van der Waals surface area contributed by atoms with Crippen LogP contribution in [-0.4, -0.2) is 35.8 Å². The van der Waals surface area contributed by atoms with Gasteiger partial charge in [-0.3, -0.25) is 4.68 Å². The third-order valence-corrected chi connectivity index (χ3v) is 2.91. The molecular weight excluding hydrogens is 230 g/mol. The van der Waals surface area contributed by atoms with Crippen LogP contribution in [0.25, 0.3) is 0 Å². The third-order valence-electron chi connectivity index (χ3n) is 2.91. The molecule has 0 bridgehead atoms. The lowest BCUT2D eigenvalue weighted by atomic mass is 10.2. The van der Waals surface area contributed by atoms with Crippen molar-refractivity contribution in [3.8, 4) is 0 Å². The predicted octanol–water partition coefficient (Wildman–Crippen LogP) is 1.61. The Kier molecular flexibility index (Phi) is 6.93. The molecule has 5 nitrogen and oxygen atoms in total. The summed E-state index contributed by atoms with van der Waals surface area (Å²) in [7, 11) is 1.96. The summed E-state index contributed by atoms with van der Waals surface area (Å²) in [6.45, 7) is 9.13. The molecule has 104 valence electrons. The molecule has 0 unspecified atom stereocenters. The zero-order valence-corrected chi connectivity index (χ0v) is 11.9. The van der Waals surface area contributed by atoms with Crippen molar-refractivity contribution < 1.29 is 9.47 Å². The van der Waals surface area contributed by atoms with Gasteiger partial charge in [-0.05, 0) is 20.8 Å². The summed E-state index contributed by atoms with van der Waals surface area (Å²) in [5.74, 6) is 0. The fraction of sp³-hybridized carbons (Fsp3) is 0.769. The number of aryl methyl sites for hydroxylation is 1. The molecule has 0 radical (unpaired) electrons. The van der Waals surface area contributed by atoms with Crippen LogP contribution in [0.5, 0.6) is 0 Å². The van der Waals surface area contributed by atoms with E-state index in [2.05, 4.69) is 17.3 Å². The Balaban J connectivity index is 2.23. The molecule has 0 saturated heterocycles. The van der Waals surface area contributed by atoms with Crippen molar-refractivity contribution in [2.24, 2.45) is 7.05 Å². The van der Waals surface area contributed by atoms with Gasteiger partial charge in [-0.25, -0.2) is 0 Å². The number of rotatable bonds is 9. The summed E-state index contributed by atoms with van der Waals surface area (Å²) < 4.78 is 12.9. The summed E-state index contributed by atoms with van der Waals surface area (Å²) in [5, 5.41) is 7.61. The smallest absolute Gasteiger partial charge is 0.158 e. The van der Waals surface area contributed by atoms with Crippen molar-refractivity contribution in [3.05, 3.63) is 17.5 Å². The van der Waals surface area contributed by atoms with E-state index in [1.165, 1.54) is 11.3 Å². The molecule has 1 heterocycles. The number of ether oxygens (including phenoxy) is 2. The second-order valence-corrected chi connectivity index (χ2v) is 4.18. The van der Waals surface area contributed by atoms with Gasteiger partial charge in [-0.15, -0.1) is 0 Å². The highest BCUT2D eigenvalue weighted by Gasteiger charge is 2.07. The van der Waals surface area contributed by atoms with Gasteiger partial charge in [0.25, 0.3) is 0 Å². The molecule has 0 aliphatic heterocycles. The average Bonchev–Trinajstić information content (AvgIpc) is 2.66. The Morgan fingerprint density at radius 2 is 2.00 bits per heavy atom. The molecule has 0 aliphatic carbocycles. The van der Waals surface area contributed by atoms with Gasteiger partial charge in [0.05, 0.1) is 6.20 Å². The van der Waals surface area contributed by atoms with Crippen LogP contribution in [0.3, 0.4) is 0 Å². The van der Waals surface area contributed by atoms with Crippen molar-refractivity contribution in [2.75, 3.05) is 19.8 Å². The fourth-order valence-corrected chi connectivity index (χ4v) is 1.75. The van der Waals surface area contributed by atoms with Crippen molar-refractivity contribution in [2.45, 2.75) is 40.0 Å². The Hall–Kier alpha value is -0.910. The molecule has 0 aromatic carbocycles. The molecule has 5 heteroatoms. The SMILES string of the molecule is CCOC(CCNCc1cnn(C)c1C)OCC. The molecule has 1 N–H and O–H groups in total. The Bertz CT molecular complexity index is 333. The zero-order chi connectivity index (χ0) is 13.4. The highest BCUT2D eigenvalue weighted by Crippen LogP contribution is 2.05. The largest absolute Gasteiger partial charge is 0.353 e. The standard InChI is InChI=1S/C13H25N3O2/c1-5-17-13(18-6-2)7-8-14-9-12-10-15-16(4)11(12)3/h10,13-14H,5-9H2,1-4H3. The van der Waals surface area contributed by atoms with E-state index < -0.39 is 0 Å². The topological polar surface area (TPSA) is 48.3 Å². The molecule has 0 spiro atoms. The lowest BCUT2D eigenvalue weighted by Gasteiger charge is -2.16. The van der Waals surface area contributed by atoms with Crippen molar-refractivity contribution in [1.29, 1.82) is 0 Å². The van der Waals surface area contributed by atoms with E-state index in [9.17, 15) is 0 Å². The maximum Gasteiger partial charge on any atom is 0.158 e. The maximum atomic E-state index is 5.48. The zero-order valence-electron chi connectivity index (χ0n) is 11.9. The van der Waals surface area contributed by atoms with Gasteiger partial charge in [0.15, 0.2) is 6.29 Å². The van der Waals surface area contributed by atoms with Crippen molar-refractivity contribution in [1.82, 2.24) is 15.1 Å². The van der Waals surface area contributed by atoms with E-state index in [4.69, 9.17) is 9.47 Å². The highest BCUT2D eigenvalue weighted by molar-refractivity contribution is 5.15. The molecule has 0 saturated carbocycles. The molecule has 1 aromatic rings. The first kappa shape index (κ1) is 15.1. The first-order valence-electron chi connectivity index (χ1n) is 6.60. The van der Waals surface area contributed by atoms with Gasteiger partial charge < -0.3 is 14.8 Å². The van der Waals surface area contributed by atoms with Crippen LogP contribution in [0, 0.1) is 6.92 Å². The van der Waals surface area contributed by atoms with Gasteiger partial charge in [-0.2, -0.15) is 5.10 Å². The van der Waals surface area contributed by atoms with Crippen LogP contribution in [-0.2, 0) is 23.1 Å². The Labute approximate surface area is 109 Å². The second-order valence-electron chi connectivity index (χ2n) is 4.18. The minimum atomic E-state index is -0.0949. The molecule has 0 amide bonds. The first-order chi connectivity index (χ1) is 8.69. The van der Waals surface area contributed by atoms with Crippen LogP contribution in [0.4, 0.5) is 0 Å². The minimum Gasteiger partial charge on any atom is -0.353 e. The summed E-state index contributed by atoms with van der Waals surface area (Å²) >= 11 is 0. The van der Waals surface area contributed by atoms with Gasteiger partial charge in [0, 0.05) is 51.0 Å². The van der Waals surface area contributed by atoms with E-state index in [-0.39, 0.29) is 6.29 Å². The van der Waals surface area contributed by atoms with E-state index in [1.54, 1.807) is 0 Å². The van der Waals surface area contributed by atoms with Crippen LogP contribution < -0.4 is 5.32 Å². The van der Waals surface area contributed by atoms with Gasteiger partial charge in [-0.1, -0.05) is 0 Å². The molecule has 1 aromatic heterocycles. The second kappa shape index (κ2) is 8.24. The molecule has 0 atom stereocenters. The van der Waals surface area contributed by atoms with E-state index in [0.29, 0.717) is 13.2 Å². The van der Waals surface area contributed by atoms with Crippen LogP contribution in [0.15, 0.2) is 6.20 Å². The van der Waals surface area contributed by atoms with Crippen LogP contribution in [0.1, 0.15) is 31.5 Å². The summed E-state index contributed by atoms with van der Waals surface area (Å²) in [6.07, 6.45) is 2.67. The summed E-state index contributed by atoms with van der Waals surface area (Å²) in [6, 6.07) is 0. The van der Waals surface area contributed by atoms with E-state index >= 15 is 0 Å². The van der Waals surface area contributed by atoms with Gasteiger partial charge in [0.2, 0.25) is 0 Å². The van der Waals surface area contributed by atoms with Crippen molar-refractivity contribution in [3.63, 3.8) is 0 Å². The van der Waals surface area contributed by atoms with Gasteiger partial charge in [0.1, 0.15) is 0 Å². The monoisotopic (exact) mass is 255 g/mol. The van der Waals surface area contributed by atoms with Crippen LogP contribution in [0.2, 0.25) is 0 Å². The molecular formula is C13H25N3O2. The lowest BCUT2D eigenvalue weighted by Crippen LogP contribution is -2.24. The predicted molar refractivity (Wildman–Crippen MR) is 71.3 cm³/mol. The van der Waals surface area contributed by atoms with E-state index in [1.807, 2.05) is 31.8 Å². The maximum absolute atomic E-state index is 5.48. The lowest BCUT2D eigenvalue weighted by molar-refractivity contribution is -0.138. The molecule has 1 rings (SSSR count). The summed E-state index contributed by atoms with van der Waals surface area (Å²) in [4.78, 5) is 0. The average molecular weight is 255 g/mol. The van der Waals surface area contributed by atoms with E-state index in [0.717, 1.165) is 19.5 Å². The molecule has 0 fully saturated rings. The highest BCUT2D eigenvalue weighted by atomic mass is 16.7. The normalized spacial score (nSPS) is 11.4. The fourth-order valence-electron chi connectivity index (χ4n) is 1.75. The number of hydrogen-bond donors (Lipinski definition) is 1. The number of nitrogens with one attached hydrogen (secondary N) is 1. The summed E-state index contributed by atoms with van der Waals surface area (Å²) in [5.41, 5.74) is 2.44. The minimum absolute atomic E-state index is 0.0949. The molecule has 18 heavy (non-hydrogen) atoms. The van der Waals surface area contributed by atoms with Crippen LogP contribution >= 0.6 is 0 Å². The Morgan fingerprint density at radius 1 is 1.33 bits per heavy atom. The number of aromatic nitrogens is 2. The quantitative estimate of drug-likeness (QED) is 0.538.